The van der Waals surface area contributed by atoms with Gasteiger partial charge in [0.2, 0.25) is 5.95 Å². The van der Waals surface area contributed by atoms with Crippen LogP contribution in [0.2, 0.25) is 0 Å². The molecule has 20 heavy (non-hydrogen) atoms. The molecule has 0 atom stereocenters. The second-order valence-corrected chi connectivity index (χ2v) is 4.52. The Morgan fingerprint density at radius 2 is 1.55 bits per heavy atom. The Bertz CT molecular complexity index is 538. The molecule has 3 rings (SSSR count). The van der Waals surface area contributed by atoms with Crippen molar-refractivity contribution in [2.45, 2.75) is 0 Å². The van der Waals surface area contributed by atoms with E-state index < -0.39 is 0 Å². The third-order valence-corrected chi connectivity index (χ3v) is 3.22. The molecule has 0 spiro atoms. The molecule has 1 aliphatic rings. The first-order chi connectivity index (χ1) is 9.33. The van der Waals surface area contributed by atoms with E-state index in [4.69, 9.17) is 0 Å². The Balaban J connectivity index is 0.00000147. The molecule has 1 fully saturated rings. The zero-order chi connectivity index (χ0) is 13.1. The van der Waals surface area contributed by atoms with E-state index in [1.54, 1.807) is 24.5 Å². The molecule has 1 aliphatic heterocycles. The number of rotatable bonds is 2. The van der Waals surface area contributed by atoms with Crippen LogP contribution in [0.25, 0.3) is 11.1 Å². The summed E-state index contributed by atoms with van der Waals surface area (Å²) in [5.41, 5.74) is 1.83. The van der Waals surface area contributed by atoms with Crippen LogP contribution in [0.3, 0.4) is 0 Å². The lowest BCUT2D eigenvalue weighted by Gasteiger charge is -2.27. The molecule has 0 bridgehead atoms. The smallest absolute Gasteiger partial charge is 0.225 e. The Kier molecular flexibility index (Phi) is 4.87. The van der Waals surface area contributed by atoms with E-state index in [0.717, 1.165) is 43.3 Å². The molecule has 0 radical (unpaired) electrons. The molecule has 106 valence electrons. The van der Waals surface area contributed by atoms with Crippen LogP contribution in [0.1, 0.15) is 0 Å². The van der Waals surface area contributed by atoms with E-state index in [9.17, 15) is 4.39 Å². The average molecular weight is 295 g/mol. The van der Waals surface area contributed by atoms with Gasteiger partial charge < -0.3 is 10.2 Å². The first-order valence-corrected chi connectivity index (χ1v) is 6.36. The first-order valence-electron chi connectivity index (χ1n) is 6.36. The molecule has 1 N–H and O–H groups in total. The molecule has 1 saturated heterocycles. The zero-order valence-electron chi connectivity index (χ0n) is 10.9. The average Bonchev–Trinajstić information content (AvgIpc) is 2.49. The maximum absolute atomic E-state index is 12.9. The van der Waals surface area contributed by atoms with Gasteiger partial charge in [0.05, 0.1) is 0 Å². The largest absolute Gasteiger partial charge is 0.338 e. The topological polar surface area (TPSA) is 41.1 Å². The van der Waals surface area contributed by atoms with Gasteiger partial charge in [-0.3, -0.25) is 0 Å². The zero-order valence-corrected chi connectivity index (χ0v) is 11.7. The van der Waals surface area contributed by atoms with Gasteiger partial charge >= 0.3 is 0 Å². The monoisotopic (exact) mass is 294 g/mol. The van der Waals surface area contributed by atoms with Crippen LogP contribution >= 0.6 is 12.4 Å². The number of halogens is 2. The van der Waals surface area contributed by atoms with Gasteiger partial charge in [0.1, 0.15) is 5.82 Å². The summed E-state index contributed by atoms with van der Waals surface area (Å²) in [5, 5.41) is 3.29. The van der Waals surface area contributed by atoms with E-state index in [-0.39, 0.29) is 18.2 Å². The Morgan fingerprint density at radius 3 is 2.15 bits per heavy atom. The highest BCUT2D eigenvalue weighted by molar-refractivity contribution is 5.85. The second kappa shape index (κ2) is 6.63. The van der Waals surface area contributed by atoms with E-state index in [2.05, 4.69) is 20.2 Å². The number of benzene rings is 1. The standard InChI is InChI=1S/C14H15FN4.ClH/c15-13-3-1-11(2-4-13)12-9-17-14(18-10-12)19-7-5-16-6-8-19;/h1-4,9-10,16H,5-8H2;1H. The van der Waals surface area contributed by atoms with Crippen molar-refractivity contribution in [3.63, 3.8) is 0 Å². The van der Waals surface area contributed by atoms with Gasteiger partial charge in [-0.1, -0.05) is 12.1 Å². The van der Waals surface area contributed by atoms with Crippen LogP contribution < -0.4 is 10.2 Å². The van der Waals surface area contributed by atoms with Crippen molar-refractivity contribution in [1.82, 2.24) is 15.3 Å². The summed E-state index contributed by atoms with van der Waals surface area (Å²) in [6.07, 6.45) is 3.58. The minimum absolute atomic E-state index is 0. The van der Waals surface area contributed by atoms with Gasteiger partial charge in [-0.05, 0) is 17.7 Å². The lowest BCUT2D eigenvalue weighted by Crippen LogP contribution is -2.44. The Morgan fingerprint density at radius 1 is 0.950 bits per heavy atom. The fourth-order valence-corrected chi connectivity index (χ4v) is 2.14. The number of nitrogens with one attached hydrogen (secondary N) is 1. The number of nitrogens with zero attached hydrogens (tertiary/aromatic N) is 3. The highest BCUT2D eigenvalue weighted by Gasteiger charge is 2.12. The maximum Gasteiger partial charge on any atom is 0.225 e. The molecule has 0 aliphatic carbocycles. The highest BCUT2D eigenvalue weighted by Crippen LogP contribution is 2.19. The van der Waals surface area contributed by atoms with Gasteiger partial charge in [0.25, 0.3) is 0 Å². The van der Waals surface area contributed by atoms with Crippen molar-refractivity contribution >= 4 is 18.4 Å². The summed E-state index contributed by atoms with van der Waals surface area (Å²) < 4.78 is 12.9. The number of hydrogen-bond donors (Lipinski definition) is 1. The van der Waals surface area contributed by atoms with E-state index in [1.807, 2.05) is 0 Å². The van der Waals surface area contributed by atoms with Crippen LogP contribution in [0.15, 0.2) is 36.7 Å². The van der Waals surface area contributed by atoms with Crippen molar-refractivity contribution in [2.75, 3.05) is 31.1 Å². The van der Waals surface area contributed by atoms with Gasteiger partial charge in [0, 0.05) is 44.1 Å². The van der Waals surface area contributed by atoms with Crippen LogP contribution in [0.5, 0.6) is 0 Å². The van der Waals surface area contributed by atoms with E-state index in [1.165, 1.54) is 12.1 Å². The van der Waals surface area contributed by atoms with Crippen molar-refractivity contribution < 1.29 is 4.39 Å². The summed E-state index contributed by atoms with van der Waals surface area (Å²) in [6, 6.07) is 6.36. The van der Waals surface area contributed by atoms with Gasteiger partial charge in [-0.15, -0.1) is 12.4 Å². The minimum atomic E-state index is -0.234. The van der Waals surface area contributed by atoms with Crippen LogP contribution in [-0.2, 0) is 0 Å². The summed E-state index contributed by atoms with van der Waals surface area (Å²) >= 11 is 0. The van der Waals surface area contributed by atoms with Gasteiger partial charge in [0.15, 0.2) is 0 Å². The third-order valence-electron chi connectivity index (χ3n) is 3.22. The molecule has 1 aromatic carbocycles. The SMILES string of the molecule is Cl.Fc1ccc(-c2cnc(N3CCNCC3)nc2)cc1. The maximum atomic E-state index is 12.9. The normalized spacial score (nSPS) is 14.8. The number of aromatic nitrogens is 2. The Hall–Kier alpha value is -1.72. The molecule has 0 unspecified atom stereocenters. The molecule has 2 heterocycles. The van der Waals surface area contributed by atoms with Crippen molar-refractivity contribution in [3.05, 3.63) is 42.5 Å². The summed E-state index contributed by atoms with van der Waals surface area (Å²) in [6.45, 7) is 3.78. The van der Waals surface area contributed by atoms with Crippen molar-refractivity contribution in [1.29, 1.82) is 0 Å². The fraction of sp³-hybridized carbons (Fsp3) is 0.286. The number of anilines is 1. The van der Waals surface area contributed by atoms with E-state index >= 15 is 0 Å². The summed E-state index contributed by atoms with van der Waals surface area (Å²) in [4.78, 5) is 10.9. The van der Waals surface area contributed by atoms with Crippen molar-refractivity contribution in [2.24, 2.45) is 0 Å². The summed E-state index contributed by atoms with van der Waals surface area (Å²) in [5.74, 6) is 0.523. The van der Waals surface area contributed by atoms with Crippen molar-refractivity contribution in [3.8, 4) is 11.1 Å². The fourth-order valence-electron chi connectivity index (χ4n) is 2.14. The van der Waals surface area contributed by atoms with Gasteiger partial charge in [-0.25, -0.2) is 14.4 Å². The van der Waals surface area contributed by atoms with Gasteiger partial charge in [-0.2, -0.15) is 0 Å². The molecular weight excluding hydrogens is 279 g/mol. The first kappa shape index (κ1) is 14.7. The van der Waals surface area contributed by atoms with Crippen LogP contribution in [0, 0.1) is 5.82 Å². The third kappa shape index (κ3) is 3.23. The molecule has 6 heteroatoms. The molecule has 4 nitrogen and oxygen atoms in total. The summed E-state index contributed by atoms with van der Waals surface area (Å²) in [7, 11) is 0. The molecule has 2 aromatic rings. The predicted molar refractivity (Wildman–Crippen MR) is 79.8 cm³/mol. The van der Waals surface area contributed by atoms with E-state index in [0.29, 0.717) is 0 Å². The lowest BCUT2D eigenvalue weighted by atomic mass is 10.1. The molecular formula is C14H16ClFN4. The van der Waals surface area contributed by atoms with Crippen LogP contribution in [0.4, 0.5) is 10.3 Å². The quantitative estimate of drug-likeness (QED) is 0.921. The number of piperazine rings is 1. The Labute approximate surface area is 123 Å². The molecule has 0 amide bonds. The molecule has 0 saturated carbocycles. The molecule has 1 aromatic heterocycles. The predicted octanol–water partition coefficient (Wildman–Crippen LogP) is 2.11. The second-order valence-electron chi connectivity index (χ2n) is 4.52. The lowest BCUT2D eigenvalue weighted by molar-refractivity contribution is 0.580. The minimum Gasteiger partial charge on any atom is -0.338 e. The number of hydrogen-bond acceptors (Lipinski definition) is 4. The highest BCUT2D eigenvalue weighted by atomic mass is 35.5. The van der Waals surface area contributed by atoms with Crippen LogP contribution in [-0.4, -0.2) is 36.1 Å².